The maximum atomic E-state index is 13.0. The second-order valence-corrected chi connectivity index (χ2v) is 7.71. The summed E-state index contributed by atoms with van der Waals surface area (Å²) in [4.78, 5) is 27.6. The van der Waals surface area contributed by atoms with Crippen LogP contribution in [0, 0.1) is 17.0 Å². The van der Waals surface area contributed by atoms with Crippen molar-refractivity contribution < 1.29 is 14.5 Å². The maximum absolute atomic E-state index is 13.0. The number of aromatic nitrogens is 4. The Bertz CT molecular complexity index is 1140. The van der Waals surface area contributed by atoms with Crippen LogP contribution in [-0.2, 0) is 6.54 Å². The van der Waals surface area contributed by atoms with E-state index in [2.05, 4.69) is 20.4 Å². The number of amides is 1. The van der Waals surface area contributed by atoms with E-state index in [0.717, 1.165) is 11.4 Å². The molecule has 0 radical (unpaired) electrons. The second kappa shape index (κ2) is 9.74. The molecule has 0 spiro atoms. The molecule has 1 aliphatic heterocycles. The molecule has 1 aliphatic rings. The summed E-state index contributed by atoms with van der Waals surface area (Å²) in [5, 5.41) is 23.3. The lowest BCUT2D eigenvalue weighted by molar-refractivity contribution is -0.385. The number of tetrazole rings is 1. The fourth-order valence-electron chi connectivity index (χ4n) is 3.89. The summed E-state index contributed by atoms with van der Waals surface area (Å²) in [6.07, 6.45) is 0. The van der Waals surface area contributed by atoms with Crippen LogP contribution in [0.2, 0.25) is 0 Å². The van der Waals surface area contributed by atoms with Crippen molar-refractivity contribution in [2.75, 3.05) is 32.8 Å². The molecule has 2 aromatic carbocycles. The van der Waals surface area contributed by atoms with Gasteiger partial charge < -0.3 is 9.64 Å². The van der Waals surface area contributed by atoms with E-state index in [4.69, 9.17) is 4.74 Å². The van der Waals surface area contributed by atoms with Gasteiger partial charge in [0.2, 0.25) is 0 Å². The Hall–Kier alpha value is -3.86. The molecule has 1 aromatic heterocycles. The van der Waals surface area contributed by atoms with Gasteiger partial charge in [0.05, 0.1) is 23.8 Å². The van der Waals surface area contributed by atoms with Crippen molar-refractivity contribution in [3.05, 3.63) is 69.5 Å². The molecular weight excluding hydrogens is 426 g/mol. The fourth-order valence-corrected chi connectivity index (χ4v) is 3.89. The van der Waals surface area contributed by atoms with Crippen LogP contribution >= 0.6 is 0 Å². The zero-order chi connectivity index (χ0) is 23.4. The van der Waals surface area contributed by atoms with E-state index >= 15 is 0 Å². The van der Waals surface area contributed by atoms with E-state index in [1.54, 1.807) is 28.6 Å². The average Bonchev–Trinajstić information content (AvgIpc) is 3.28. The third kappa shape index (κ3) is 4.82. The molecule has 11 nitrogen and oxygen atoms in total. The number of carbonyl (C=O) groups is 1. The molecular formula is C22H25N7O4. The van der Waals surface area contributed by atoms with Crippen LogP contribution < -0.4 is 4.74 Å². The van der Waals surface area contributed by atoms with E-state index in [1.165, 1.54) is 6.07 Å². The Labute approximate surface area is 190 Å². The zero-order valence-corrected chi connectivity index (χ0v) is 18.5. The molecule has 172 valence electrons. The Morgan fingerprint density at radius 3 is 2.52 bits per heavy atom. The van der Waals surface area contributed by atoms with Crippen LogP contribution in [0.3, 0.4) is 0 Å². The first kappa shape index (κ1) is 22.3. The normalized spacial score (nSPS) is 14.3. The molecule has 0 unspecified atom stereocenters. The number of carbonyl (C=O) groups excluding carboxylic acids is 1. The highest BCUT2D eigenvalue weighted by Crippen LogP contribution is 2.23. The topological polar surface area (TPSA) is 120 Å². The van der Waals surface area contributed by atoms with Crippen LogP contribution in [0.5, 0.6) is 5.75 Å². The molecule has 0 saturated carbocycles. The van der Waals surface area contributed by atoms with E-state index in [9.17, 15) is 14.9 Å². The SMILES string of the molecule is CCOc1ccc(-n2nnnc2CN2CCN(C(=O)c3cccc([N+](=O)[O-])c3C)CC2)cc1. The van der Waals surface area contributed by atoms with Gasteiger partial charge in [-0.25, -0.2) is 0 Å². The summed E-state index contributed by atoms with van der Waals surface area (Å²) in [7, 11) is 0. The summed E-state index contributed by atoms with van der Waals surface area (Å²) in [5.74, 6) is 1.30. The van der Waals surface area contributed by atoms with Gasteiger partial charge in [0.15, 0.2) is 5.82 Å². The van der Waals surface area contributed by atoms with Crippen molar-refractivity contribution in [3.8, 4) is 11.4 Å². The van der Waals surface area contributed by atoms with Gasteiger partial charge in [0, 0.05) is 43.4 Å². The first-order valence-corrected chi connectivity index (χ1v) is 10.7. The van der Waals surface area contributed by atoms with Crippen LogP contribution in [0.15, 0.2) is 42.5 Å². The van der Waals surface area contributed by atoms with Crippen molar-refractivity contribution >= 4 is 11.6 Å². The fraction of sp³-hybridized carbons (Fsp3) is 0.364. The summed E-state index contributed by atoms with van der Waals surface area (Å²) >= 11 is 0. The maximum Gasteiger partial charge on any atom is 0.273 e. The molecule has 2 heterocycles. The number of nitro groups is 1. The summed E-state index contributed by atoms with van der Waals surface area (Å²) in [6.45, 7) is 7.03. The minimum Gasteiger partial charge on any atom is -0.494 e. The van der Waals surface area contributed by atoms with Gasteiger partial charge in [0.25, 0.3) is 11.6 Å². The predicted molar refractivity (Wildman–Crippen MR) is 119 cm³/mol. The van der Waals surface area contributed by atoms with Gasteiger partial charge in [-0.1, -0.05) is 6.07 Å². The van der Waals surface area contributed by atoms with Crippen molar-refractivity contribution in [2.45, 2.75) is 20.4 Å². The molecule has 0 aliphatic carbocycles. The highest BCUT2D eigenvalue weighted by atomic mass is 16.6. The Balaban J connectivity index is 1.39. The minimum absolute atomic E-state index is 0.0411. The van der Waals surface area contributed by atoms with E-state index in [0.29, 0.717) is 56.3 Å². The average molecular weight is 451 g/mol. The molecule has 0 N–H and O–H groups in total. The molecule has 11 heteroatoms. The molecule has 0 bridgehead atoms. The van der Waals surface area contributed by atoms with E-state index in [1.807, 2.05) is 31.2 Å². The van der Waals surface area contributed by atoms with Crippen LogP contribution in [0.1, 0.15) is 28.7 Å². The third-order valence-electron chi connectivity index (χ3n) is 5.68. The number of nitro benzene ring substituents is 1. The summed E-state index contributed by atoms with van der Waals surface area (Å²) in [6, 6.07) is 12.2. The number of hydrogen-bond donors (Lipinski definition) is 0. The van der Waals surface area contributed by atoms with Gasteiger partial charge in [-0.3, -0.25) is 19.8 Å². The lowest BCUT2D eigenvalue weighted by atomic mass is 10.1. The van der Waals surface area contributed by atoms with Gasteiger partial charge in [-0.15, -0.1) is 5.10 Å². The quantitative estimate of drug-likeness (QED) is 0.396. The van der Waals surface area contributed by atoms with Crippen molar-refractivity contribution in [3.63, 3.8) is 0 Å². The monoisotopic (exact) mass is 451 g/mol. The molecule has 3 aromatic rings. The Morgan fingerprint density at radius 2 is 1.85 bits per heavy atom. The molecule has 1 fully saturated rings. The number of piperazine rings is 1. The van der Waals surface area contributed by atoms with Crippen LogP contribution in [0.25, 0.3) is 5.69 Å². The van der Waals surface area contributed by atoms with Gasteiger partial charge in [0.1, 0.15) is 5.75 Å². The smallest absolute Gasteiger partial charge is 0.273 e. The zero-order valence-electron chi connectivity index (χ0n) is 18.5. The Kier molecular flexibility index (Phi) is 6.59. The lowest BCUT2D eigenvalue weighted by Crippen LogP contribution is -2.48. The van der Waals surface area contributed by atoms with Crippen LogP contribution in [-0.4, -0.2) is 73.6 Å². The van der Waals surface area contributed by atoms with Gasteiger partial charge >= 0.3 is 0 Å². The predicted octanol–water partition coefficient (Wildman–Crippen LogP) is 2.24. The van der Waals surface area contributed by atoms with Gasteiger partial charge in [-0.05, 0) is 54.6 Å². The van der Waals surface area contributed by atoms with E-state index < -0.39 is 4.92 Å². The van der Waals surface area contributed by atoms with Crippen molar-refractivity contribution in [1.82, 2.24) is 30.0 Å². The third-order valence-corrected chi connectivity index (χ3v) is 5.68. The second-order valence-electron chi connectivity index (χ2n) is 7.71. The van der Waals surface area contributed by atoms with E-state index in [-0.39, 0.29) is 11.6 Å². The molecule has 0 atom stereocenters. The number of nitrogens with zero attached hydrogens (tertiary/aromatic N) is 7. The Morgan fingerprint density at radius 1 is 1.12 bits per heavy atom. The minimum atomic E-state index is -0.460. The largest absolute Gasteiger partial charge is 0.494 e. The highest BCUT2D eigenvalue weighted by Gasteiger charge is 2.26. The standard InChI is InChI=1S/C22H25N7O4/c1-3-33-18-9-7-17(8-10-18)28-21(23-24-25-28)15-26-11-13-27(14-12-26)22(30)19-5-4-6-20(16(19)2)29(31)32/h4-10H,3,11-15H2,1-2H3. The molecule has 4 rings (SSSR count). The van der Waals surface area contributed by atoms with Gasteiger partial charge in [-0.2, -0.15) is 4.68 Å². The summed E-state index contributed by atoms with van der Waals surface area (Å²) in [5.41, 5.74) is 1.57. The number of ether oxygens (including phenoxy) is 1. The van der Waals surface area contributed by atoms with Crippen molar-refractivity contribution in [1.29, 1.82) is 0 Å². The summed E-state index contributed by atoms with van der Waals surface area (Å²) < 4.78 is 7.18. The molecule has 1 saturated heterocycles. The number of rotatable bonds is 7. The first-order chi connectivity index (χ1) is 16.0. The van der Waals surface area contributed by atoms with Crippen molar-refractivity contribution in [2.24, 2.45) is 0 Å². The first-order valence-electron chi connectivity index (χ1n) is 10.7. The lowest BCUT2D eigenvalue weighted by Gasteiger charge is -2.34. The molecule has 1 amide bonds. The number of benzene rings is 2. The number of hydrogen-bond acceptors (Lipinski definition) is 8. The van der Waals surface area contributed by atoms with Crippen LogP contribution in [0.4, 0.5) is 5.69 Å². The highest BCUT2D eigenvalue weighted by molar-refractivity contribution is 5.96. The molecule has 33 heavy (non-hydrogen) atoms.